The van der Waals surface area contributed by atoms with Gasteiger partial charge < -0.3 is 9.11 Å². The van der Waals surface area contributed by atoms with Crippen molar-refractivity contribution in [1.82, 2.24) is 49.9 Å². The van der Waals surface area contributed by atoms with Crippen molar-refractivity contribution in [3.8, 4) is 34.4 Å². The van der Waals surface area contributed by atoms with Crippen LogP contribution in [0.3, 0.4) is 0 Å². The molecule has 0 spiro atoms. The minimum Gasteiger partial charge on any atom is -0.741 e. The number of halogens is 6. The molecule has 273 valence electrons. The van der Waals surface area contributed by atoms with Gasteiger partial charge in [-0.25, -0.2) is 36.2 Å². The van der Waals surface area contributed by atoms with E-state index >= 15 is 0 Å². The number of rotatable bonds is 4. The van der Waals surface area contributed by atoms with E-state index in [1.807, 2.05) is 85.2 Å². The Bertz CT molecular complexity index is 1880. The predicted octanol–water partition coefficient (Wildman–Crippen LogP) is 3.55. The van der Waals surface area contributed by atoms with Crippen molar-refractivity contribution in [3.63, 3.8) is 0 Å². The zero-order chi connectivity index (χ0) is 37.0. The van der Waals surface area contributed by atoms with Crippen molar-refractivity contribution in [2.45, 2.75) is 11.0 Å². The average molecular weight is 808 g/mol. The molecule has 0 saturated carbocycles. The fourth-order valence-electron chi connectivity index (χ4n) is 2.99. The molecule has 0 fully saturated rings. The summed E-state index contributed by atoms with van der Waals surface area (Å²) >= 11 is 0. The summed E-state index contributed by atoms with van der Waals surface area (Å²) < 4.78 is 121. The molecule has 25 heteroatoms. The van der Waals surface area contributed by atoms with E-state index in [9.17, 15) is 26.3 Å². The molecular weight excluding hydrogens is 790 g/mol. The zero-order valence-corrected chi connectivity index (χ0v) is 27.3. The summed E-state index contributed by atoms with van der Waals surface area (Å²) in [6, 6.07) is 22.6. The van der Waals surface area contributed by atoms with Crippen molar-refractivity contribution in [2.75, 3.05) is 0 Å². The number of nitrogens with zero attached hydrogens (tertiary/aromatic N) is 10. The smallest absolute Gasteiger partial charge is 0.741 e. The van der Waals surface area contributed by atoms with Crippen molar-refractivity contribution in [3.05, 3.63) is 110 Å². The van der Waals surface area contributed by atoms with Crippen molar-refractivity contribution < 1.29 is 69.4 Å². The van der Waals surface area contributed by atoms with Crippen LogP contribution in [-0.2, 0) is 37.3 Å². The van der Waals surface area contributed by atoms with Crippen LogP contribution in [0.5, 0.6) is 0 Å². The van der Waals surface area contributed by atoms with Gasteiger partial charge in [-0.1, -0.05) is 34.7 Å². The second-order valence-corrected chi connectivity index (χ2v) is 11.4. The molecule has 6 rings (SSSR count). The molecule has 0 aliphatic heterocycles. The molecule has 0 amide bonds. The summed E-state index contributed by atoms with van der Waals surface area (Å²) in [6.07, 6.45) is 10.5. The average Bonchev–Trinajstić information content (AvgIpc) is 3.77. The molecule has 6 aromatic rings. The summed E-state index contributed by atoms with van der Waals surface area (Å²) in [5.74, 6) is 1.48. The number of hydrogen-bond acceptors (Lipinski definition) is 14. The molecule has 0 saturated heterocycles. The standard InChI is InChI=1S/2C12H9N5.2CHF3O3S.Cu/c2*1-3-7-13-10(5-1)11-9-17(16-15-11)12-6-2-4-8-14-12;2*2-1(3,4)8(5,6)7;/h2*1-9H;2*(H,5,6,7);/q;;;;+2/p-2. The maximum absolute atomic E-state index is 10.7. The van der Waals surface area contributed by atoms with Gasteiger partial charge in [-0.3, -0.25) is 9.97 Å². The first-order chi connectivity index (χ1) is 23.4. The van der Waals surface area contributed by atoms with E-state index < -0.39 is 31.3 Å². The largest absolute Gasteiger partial charge is 2.00 e. The van der Waals surface area contributed by atoms with Crippen LogP contribution in [0, 0.1) is 0 Å². The van der Waals surface area contributed by atoms with Gasteiger partial charge in [-0.15, -0.1) is 10.2 Å². The van der Waals surface area contributed by atoms with Crippen LogP contribution < -0.4 is 0 Å². The Balaban J connectivity index is 0.000000250. The van der Waals surface area contributed by atoms with Gasteiger partial charge in [0.05, 0.1) is 23.8 Å². The number of alkyl halides is 6. The molecular formula is C26H18CuF6N10O6S2. The Morgan fingerprint density at radius 1 is 0.490 bits per heavy atom. The maximum Gasteiger partial charge on any atom is 2.00 e. The molecule has 0 N–H and O–H groups in total. The topological polar surface area (TPSA) is 227 Å². The molecule has 0 atom stereocenters. The number of hydrogen-bond donors (Lipinski definition) is 0. The molecule has 0 aliphatic carbocycles. The molecule has 0 unspecified atom stereocenters. The van der Waals surface area contributed by atoms with Gasteiger partial charge in [0.15, 0.2) is 31.9 Å². The van der Waals surface area contributed by atoms with Crippen LogP contribution in [0.4, 0.5) is 26.3 Å². The van der Waals surface area contributed by atoms with Gasteiger partial charge in [0, 0.05) is 24.8 Å². The normalized spacial score (nSPS) is 11.3. The quantitative estimate of drug-likeness (QED) is 0.107. The molecule has 6 aromatic heterocycles. The van der Waals surface area contributed by atoms with Crippen LogP contribution >= 0.6 is 0 Å². The predicted molar refractivity (Wildman–Crippen MR) is 156 cm³/mol. The van der Waals surface area contributed by atoms with Gasteiger partial charge >= 0.3 is 28.1 Å². The summed E-state index contributed by atoms with van der Waals surface area (Å²) in [4.78, 5) is 16.8. The number of aromatic nitrogens is 10. The molecule has 0 bridgehead atoms. The van der Waals surface area contributed by atoms with E-state index in [-0.39, 0.29) is 17.1 Å². The second-order valence-electron chi connectivity index (χ2n) is 8.70. The fourth-order valence-corrected chi connectivity index (χ4v) is 2.99. The third-order valence-corrected chi connectivity index (χ3v) is 6.31. The fraction of sp³-hybridized carbons (Fsp3) is 0.0769. The maximum atomic E-state index is 10.7. The molecule has 0 aliphatic rings. The minimum atomic E-state index is -6.09. The molecule has 51 heavy (non-hydrogen) atoms. The van der Waals surface area contributed by atoms with Crippen LogP contribution in [0.2, 0.25) is 0 Å². The summed E-state index contributed by atoms with van der Waals surface area (Å²) in [5, 5.41) is 16.2. The van der Waals surface area contributed by atoms with E-state index in [0.717, 1.165) is 34.4 Å². The Kier molecular flexibility index (Phi) is 14.9. The molecule has 0 aromatic carbocycles. The second kappa shape index (κ2) is 18.2. The van der Waals surface area contributed by atoms with Crippen molar-refractivity contribution in [1.29, 1.82) is 0 Å². The minimum absolute atomic E-state index is 0. The van der Waals surface area contributed by atoms with Gasteiger partial charge in [0.25, 0.3) is 0 Å². The Morgan fingerprint density at radius 3 is 1.02 bits per heavy atom. The first-order valence-corrected chi connectivity index (χ1v) is 15.7. The first-order valence-electron chi connectivity index (χ1n) is 12.9. The van der Waals surface area contributed by atoms with Crippen LogP contribution in [-0.4, -0.2) is 86.9 Å². The van der Waals surface area contributed by atoms with E-state index in [2.05, 4.69) is 40.6 Å². The summed E-state index contributed by atoms with van der Waals surface area (Å²) in [5.41, 5.74) is -8.23. The third-order valence-electron chi connectivity index (χ3n) is 5.18. The van der Waals surface area contributed by atoms with E-state index in [1.165, 1.54) is 0 Å². The van der Waals surface area contributed by atoms with E-state index in [0.29, 0.717) is 0 Å². The summed E-state index contributed by atoms with van der Waals surface area (Å²) in [6.45, 7) is 0. The third kappa shape index (κ3) is 13.2. The van der Waals surface area contributed by atoms with Crippen LogP contribution in [0.25, 0.3) is 34.4 Å². The van der Waals surface area contributed by atoms with E-state index in [4.69, 9.17) is 25.9 Å². The first kappa shape index (κ1) is 42.0. The van der Waals surface area contributed by atoms with Gasteiger partial charge in [-0.2, -0.15) is 26.3 Å². The summed E-state index contributed by atoms with van der Waals surface area (Å²) in [7, 11) is -12.2. The van der Waals surface area contributed by atoms with Crippen molar-refractivity contribution in [2.24, 2.45) is 0 Å². The van der Waals surface area contributed by atoms with Crippen LogP contribution in [0.1, 0.15) is 0 Å². The van der Waals surface area contributed by atoms with Crippen molar-refractivity contribution >= 4 is 20.2 Å². The van der Waals surface area contributed by atoms with E-state index in [1.54, 1.807) is 34.2 Å². The van der Waals surface area contributed by atoms with Gasteiger partial charge in [0.1, 0.15) is 11.4 Å². The monoisotopic (exact) mass is 807 g/mol. The van der Waals surface area contributed by atoms with Gasteiger partial charge in [0.2, 0.25) is 0 Å². The van der Waals surface area contributed by atoms with Crippen LogP contribution in [0.15, 0.2) is 110 Å². The SMILES string of the molecule is O=S(=O)([O-])C(F)(F)F.O=S(=O)([O-])C(F)(F)F.[Cu+2].c1ccc(-c2cn(-c3ccccn3)nn2)nc1.c1ccc(-c2cn(-c3ccccn3)nn2)nc1. The Hall–Kier alpha value is -5.20. The molecule has 6 heterocycles. The number of pyridine rings is 4. The Labute approximate surface area is 294 Å². The Morgan fingerprint density at radius 2 is 0.784 bits per heavy atom. The van der Waals surface area contributed by atoms with Gasteiger partial charge in [-0.05, 0) is 48.5 Å². The molecule has 1 radical (unpaired) electrons. The zero-order valence-electron chi connectivity index (χ0n) is 24.7. The molecule has 16 nitrogen and oxygen atoms in total.